The van der Waals surface area contributed by atoms with Crippen molar-refractivity contribution in [2.45, 2.75) is 23.5 Å². The number of carbonyl (C=O) groups is 1. The Balaban J connectivity index is 2.23. The Morgan fingerprint density at radius 1 is 1.18 bits per heavy atom. The van der Waals surface area contributed by atoms with Crippen molar-refractivity contribution in [3.8, 4) is 0 Å². The Hall–Kier alpha value is -2.01. The maximum absolute atomic E-state index is 11.6. The minimum absolute atomic E-state index is 0.117. The number of nitrogens with zero attached hydrogens (tertiary/aromatic N) is 1. The van der Waals surface area contributed by atoms with Gasteiger partial charge in [0.05, 0.1) is 24.5 Å². The van der Waals surface area contributed by atoms with Crippen molar-refractivity contribution >= 4 is 34.2 Å². The number of esters is 1. The highest BCUT2D eigenvalue weighted by atomic mass is 32.2. The van der Waals surface area contributed by atoms with Crippen LogP contribution in [0.25, 0.3) is 10.8 Å². The van der Waals surface area contributed by atoms with Crippen LogP contribution in [0.3, 0.4) is 0 Å². The lowest BCUT2D eigenvalue weighted by Gasteiger charge is -2.15. The molecule has 4 nitrogen and oxygen atoms in total. The van der Waals surface area contributed by atoms with Crippen LogP contribution < -0.4 is 0 Å². The molecular formula is C17H19NO3S. The summed E-state index contributed by atoms with van der Waals surface area (Å²) in [4.78, 5) is 17.5. The summed E-state index contributed by atoms with van der Waals surface area (Å²) in [5.74, 6) is -0.260. The van der Waals surface area contributed by atoms with Crippen LogP contribution in [0, 0.1) is 0 Å². The molecule has 0 bridgehead atoms. The molecule has 2 aromatic carbocycles. The van der Waals surface area contributed by atoms with Gasteiger partial charge in [0.2, 0.25) is 0 Å². The molecule has 0 heterocycles. The standard InChI is InChI=1S/C17H19NO3S/c1-12(18-21-3)16(11-17(19)20-2)22-15-9-8-13-6-4-5-7-14(13)10-15/h4-10,16H,11H2,1-3H3/b18-12+. The Kier molecular flexibility index (Phi) is 5.83. The average Bonchev–Trinajstić information content (AvgIpc) is 2.54. The molecule has 22 heavy (non-hydrogen) atoms. The van der Waals surface area contributed by atoms with E-state index in [-0.39, 0.29) is 17.6 Å². The first-order chi connectivity index (χ1) is 10.6. The van der Waals surface area contributed by atoms with Crippen molar-refractivity contribution in [2.75, 3.05) is 14.2 Å². The lowest BCUT2D eigenvalue weighted by molar-refractivity contribution is -0.140. The van der Waals surface area contributed by atoms with Gasteiger partial charge in [0, 0.05) is 4.90 Å². The van der Waals surface area contributed by atoms with Crippen LogP contribution in [0.4, 0.5) is 0 Å². The van der Waals surface area contributed by atoms with Gasteiger partial charge in [-0.2, -0.15) is 0 Å². The van der Waals surface area contributed by atoms with E-state index in [1.54, 1.807) is 11.8 Å². The fourth-order valence-electron chi connectivity index (χ4n) is 2.12. The summed E-state index contributed by atoms with van der Waals surface area (Å²) in [5, 5.41) is 6.21. The van der Waals surface area contributed by atoms with Crippen LogP contribution in [0.2, 0.25) is 0 Å². The molecular weight excluding hydrogens is 298 g/mol. The van der Waals surface area contributed by atoms with Crippen molar-refractivity contribution in [3.05, 3.63) is 42.5 Å². The molecule has 1 atom stereocenters. The summed E-state index contributed by atoms with van der Waals surface area (Å²) in [6.07, 6.45) is 0.257. The van der Waals surface area contributed by atoms with E-state index in [4.69, 9.17) is 9.57 Å². The SMILES string of the molecule is CO/N=C(\C)C(CC(=O)OC)Sc1ccc2ccccc2c1. The molecule has 0 aliphatic heterocycles. The number of ether oxygens (including phenoxy) is 1. The number of hydrogen-bond acceptors (Lipinski definition) is 5. The van der Waals surface area contributed by atoms with Crippen molar-refractivity contribution in [3.63, 3.8) is 0 Å². The molecule has 116 valence electrons. The number of thioether (sulfide) groups is 1. The third-order valence-electron chi connectivity index (χ3n) is 3.28. The second kappa shape index (κ2) is 7.84. The lowest BCUT2D eigenvalue weighted by atomic mass is 10.1. The van der Waals surface area contributed by atoms with Crippen LogP contribution >= 0.6 is 11.8 Å². The minimum Gasteiger partial charge on any atom is -0.469 e. The van der Waals surface area contributed by atoms with E-state index >= 15 is 0 Å². The second-order valence-corrected chi connectivity index (χ2v) is 6.09. The summed E-state index contributed by atoms with van der Waals surface area (Å²) in [5.41, 5.74) is 0.756. The number of hydrogen-bond donors (Lipinski definition) is 0. The largest absolute Gasteiger partial charge is 0.469 e. The molecule has 2 rings (SSSR count). The number of methoxy groups -OCH3 is 1. The lowest BCUT2D eigenvalue weighted by Crippen LogP contribution is -2.19. The highest BCUT2D eigenvalue weighted by Crippen LogP contribution is 2.29. The van der Waals surface area contributed by atoms with Gasteiger partial charge in [0.25, 0.3) is 0 Å². The molecule has 5 heteroatoms. The number of benzene rings is 2. The van der Waals surface area contributed by atoms with Crippen LogP contribution in [-0.4, -0.2) is 31.2 Å². The van der Waals surface area contributed by atoms with Crippen LogP contribution in [0.5, 0.6) is 0 Å². The predicted octanol–water partition coefficient (Wildman–Crippen LogP) is 3.89. The van der Waals surface area contributed by atoms with Gasteiger partial charge in [0.15, 0.2) is 0 Å². The van der Waals surface area contributed by atoms with E-state index in [9.17, 15) is 4.79 Å². The first kappa shape index (κ1) is 16.4. The van der Waals surface area contributed by atoms with Crippen LogP contribution in [-0.2, 0) is 14.4 Å². The van der Waals surface area contributed by atoms with Crippen LogP contribution in [0.1, 0.15) is 13.3 Å². The van der Waals surface area contributed by atoms with Gasteiger partial charge >= 0.3 is 5.97 Å². The molecule has 0 amide bonds. The average molecular weight is 317 g/mol. The molecule has 1 unspecified atom stereocenters. The molecule has 0 spiro atoms. The third kappa shape index (κ3) is 4.24. The van der Waals surface area contributed by atoms with Crippen molar-refractivity contribution in [2.24, 2.45) is 5.16 Å². The Morgan fingerprint density at radius 3 is 2.59 bits per heavy atom. The van der Waals surface area contributed by atoms with Gasteiger partial charge in [-0.3, -0.25) is 4.79 Å². The van der Waals surface area contributed by atoms with Gasteiger partial charge in [-0.25, -0.2) is 0 Å². The topological polar surface area (TPSA) is 47.9 Å². The fraction of sp³-hybridized carbons (Fsp3) is 0.294. The number of oxime groups is 1. The van der Waals surface area contributed by atoms with Crippen molar-refractivity contribution in [1.29, 1.82) is 0 Å². The van der Waals surface area contributed by atoms with E-state index in [0.29, 0.717) is 0 Å². The minimum atomic E-state index is -0.260. The van der Waals surface area contributed by atoms with E-state index in [1.165, 1.54) is 25.0 Å². The Labute approximate surface area is 134 Å². The molecule has 2 aromatic rings. The third-order valence-corrected chi connectivity index (χ3v) is 4.60. The van der Waals surface area contributed by atoms with Crippen LogP contribution in [0.15, 0.2) is 52.5 Å². The molecule has 0 aliphatic rings. The molecule has 0 N–H and O–H groups in total. The summed E-state index contributed by atoms with van der Waals surface area (Å²) in [6.45, 7) is 1.85. The second-order valence-electron chi connectivity index (χ2n) is 4.81. The van der Waals surface area contributed by atoms with E-state index in [0.717, 1.165) is 10.6 Å². The zero-order valence-electron chi connectivity index (χ0n) is 12.9. The van der Waals surface area contributed by atoms with Gasteiger partial charge < -0.3 is 9.57 Å². The zero-order chi connectivity index (χ0) is 15.9. The van der Waals surface area contributed by atoms with Gasteiger partial charge in [0.1, 0.15) is 7.11 Å². The Bertz CT molecular complexity index is 684. The normalized spacial score (nSPS) is 13.0. The van der Waals surface area contributed by atoms with E-state index < -0.39 is 0 Å². The monoisotopic (exact) mass is 317 g/mol. The summed E-state index contributed by atoms with van der Waals surface area (Å²) in [6, 6.07) is 14.4. The summed E-state index contributed by atoms with van der Waals surface area (Å²) < 4.78 is 4.77. The summed E-state index contributed by atoms with van der Waals surface area (Å²) in [7, 11) is 2.89. The molecule has 0 fully saturated rings. The van der Waals surface area contributed by atoms with Gasteiger partial charge in [-0.15, -0.1) is 11.8 Å². The molecule has 0 aromatic heterocycles. The molecule has 0 saturated heterocycles. The van der Waals surface area contributed by atoms with E-state index in [2.05, 4.69) is 35.5 Å². The van der Waals surface area contributed by atoms with E-state index in [1.807, 2.05) is 19.1 Å². The molecule has 0 saturated carbocycles. The zero-order valence-corrected chi connectivity index (χ0v) is 13.7. The quantitative estimate of drug-likeness (QED) is 0.351. The number of carbonyl (C=O) groups excluding carboxylic acids is 1. The fourth-order valence-corrected chi connectivity index (χ4v) is 3.22. The maximum Gasteiger partial charge on any atom is 0.307 e. The Morgan fingerprint density at radius 2 is 1.91 bits per heavy atom. The predicted molar refractivity (Wildman–Crippen MR) is 90.3 cm³/mol. The highest BCUT2D eigenvalue weighted by Gasteiger charge is 2.19. The van der Waals surface area contributed by atoms with Crippen molar-refractivity contribution < 1.29 is 14.4 Å². The van der Waals surface area contributed by atoms with Gasteiger partial charge in [-0.1, -0.05) is 35.5 Å². The molecule has 0 radical (unpaired) electrons. The summed E-state index contributed by atoms with van der Waals surface area (Å²) >= 11 is 1.58. The number of rotatable bonds is 6. The smallest absolute Gasteiger partial charge is 0.307 e. The molecule has 0 aliphatic carbocycles. The first-order valence-electron chi connectivity index (χ1n) is 6.94. The maximum atomic E-state index is 11.6. The highest BCUT2D eigenvalue weighted by molar-refractivity contribution is 8.00. The number of fused-ring (bicyclic) bond motifs is 1. The first-order valence-corrected chi connectivity index (χ1v) is 7.82. The van der Waals surface area contributed by atoms with Crippen molar-refractivity contribution in [1.82, 2.24) is 0 Å². The van der Waals surface area contributed by atoms with Gasteiger partial charge in [-0.05, 0) is 29.8 Å².